The van der Waals surface area contributed by atoms with E-state index >= 15 is 0 Å². The molecule has 112 valence electrons. The van der Waals surface area contributed by atoms with Crippen LogP contribution in [-0.2, 0) is 6.18 Å². The summed E-state index contributed by atoms with van der Waals surface area (Å²) in [4.78, 5) is 6.95. The summed E-state index contributed by atoms with van der Waals surface area (Å²) in [7, 11) is 0. The highest BCUT2D eigenvalue weighted by molar-refractivity contribution is 5.49. The summed E-state index contributed by atoms with van der Waals surface area (Å²) in [6, 6.07) is 1.43. The number of nitrogens with one attached hydrogen (secondary N) is 2. The number of hydrogen-bond donors (Lipinski definition) is 3. The molecule has 1 aliphatic carbocycles. The van der Waals surface area contributed by atoms with Crippen molar-refractivity contribution >= 4 is 11.6 Å². The third kappa shape index (κ3) is 3.12. The van der Waals surface area contributed by atoms with Crippen LogP contribution in [0.4, 0.5) is 24.8 Å². The minimum Gasteiger partial charge on any atom is -0.394 e. The zero-order valence-electron chi connectivity index (χ0n) is 11.1. The predicted octanol–water partition coefficient (Wildman–Crippen LogP) is 2.25. The third-order valence-electron chi connectivity index (χ3n) is 3.34. The van der Waals surface area contributed by atoms with E-state index in [4.69, 9.17) is 0 Å². The molecule has 2 rings (SSSR count). The summed E-state index contributed by atoms with van der Waals surface area (Å²) < 4.78 is 38.3. The molecule has 1 aromatic rings. The van der Waals surface area contributed by atoms with E-state index in [9.17, 15) is 18.3 Å². The van der Waals surface area contributed by atoms with Gasteiger partial charge in [0.1, 0.15) is 11.6 Å². The topological polar surface area (TPSA) is 70.1 Å². The van der Waals surface area contributed by atoms with Gasteiger partial charge in [0.15, 0.2) is 0 Å². The van der Waals surface area contributed by atoms with Gasteiger partial charge < -0.3 is 15.7 Å². The van der Waals surface area contributed by atoms with E-state index < -0.39 is 17.5 Å². The Balaban J connectivity index is 2.29. The highest BCUT2D eigenvalue weighted by Gasteiger charge is 2.39. The van der Waals surface area contributed by atoms with Crippen molar-refractivity contribution in [3.8, 4) is 0 Å². The van der Waals surface area contributed by atoms with Crippen LogP contribution in [-0.4, -0.2) is 33.8 Å². The lowest BCUT2D eigenvalue weighted by Crippen LogP contribution is -2.48. The molecule has 0 amide bonds. The molecule has 0 aromatic carbocycles. The van der Waals surface area contributed by atoms with Gasteiger partial charge in [-0.05, 0) is 26.2 Å². The molecule has 1 fully saturated rings. The molecule has 1 heterocycles. The minimum absolute atomic E-state index is 0.0806. The van der Waals surface area contributed by atoms with Gasteiger partial charge in [-0.3, -0.25) is 0 Å². The van der Waals surface area contributed by atoms with Crippen molar-refractivity contribution in [3.63, 3.8) is 0 Å². The Labute approximate surface area is 114 Å². The minimum atomic E-state index is -4.60. The molecule has 0 radical (unpaired) electrons. The summed E-state index contributed by atoms with van der Waals surface area (Å²) in [5, 5.41) is 15.0. The van der Waals surface area contributed by atoms with Crippen molar-refractivity contribution in [1.82, 2.24) is 9.97 Å². The Morgan fingerprint density at radius 2 is 1.95 bits per heavy atom. The van der Waals surface area contributed by atoms with E-state index in [2.05, 4.69) is 20.6 Å². The molecule has 0 spiro atoms. The predicted molar refractivity (Wildman–Crippen MR) is 68.5 cm³/mol. The van der Waals surface area contributed by atoms with Gasteiger partial charge in [0.05, 0.1) is 12.1 Å². The largest absolute Gasteiger partial charge is 0.451 e. The van der Waals surface area contributed by atoms with Gasteiger partial charge in [-0.15, -0.1) is 0 Å². The summed E-state index contributed by atoms with van der Waals surface area (Å²) in [5.74, 6) is -0.993. The van der Waals surface area contributed by atoms with E-state index in [0.717, 1.165) is 6.42 Å². The number of alkyl halides is 3. The number of aliphatic hydroxyl groups is 1. The van der Waals surface area contributed by atoms with Crippen LogP contribution in [0, 0.1) is 0 Å². The zero-order chi connectivity index (χ0) is 14.8. The van der Waals surface area contributed by atoms with Crippen LogP contribution in [0.5, 0.6) is 0 Å². The second-order valence-electron chi connectivity index (χ2n) is 4.91. The van der Waals surface area contributed by atoms with E-state index in [0.29, 0.717) is 19.4 Å². The van der Waals surface area contributed by atoms with Crippen molar-refractivity contribution in [2.75, 3.05) is 23.8 Å². The maximum Gasteiger partial charge on any atom is 0.451 e. The third-order valence-corrected chi connectivity index (χ3v) is 3.34. The maximum absolute atomic E-state index is 12.8. The van der Waals surface area contributed by atoms with Crippen molar-refractivity contribution < 1.29 is 18.3 Å². The second-order valence-corrected chi connectivity index (χ2v) is 4.91. The lowest BCUT2D eigenvalue weighted by molar-refractivity contribution is -0.144. The average Bonchev–Trinajstić information content (AvgIpc) is 2.33. The Hall–Kier alpha value is -1.57. The number of aromatic nitrogens is 2. The van der Waals surface area contributed by atoms with Crippen molar-refractivity contribution in [2.24, 2.45) is 0 Å². The fourth-order valence-corrected chi connectivity index (χ4v) is 2.11. The van der Waals surface area contributed by atoms with Crippen LogP contribution < -0.4 is 10.6 Å². The first-order valence-electron chi connectivity index (χ1n) is 6.48. The lowest BCUT2D eigenvalue weighted by Gasteiger charge is -2.41. The second kappa shape index (κ2) is 5.43. The maximum atomic E-state index is 12.8. The molecule has 0 bridgehead atoms. The first-order chi connectivity index (χ1) is 9.38. The summed E-state index contributed by atoms with van der Waals surface area (Å²) in [6.45, 7) is 2.09. The normalized spacial score (nSPS) is 17.4. The molecule has 3 N–H and O–H groups in total. The number of anilines is 2. The van der Waals surface area contributed by atoms with E-state index in [1.54, 1.807) is 6.92 Å². The van der Waals surface area contributed by atoms with Gasteiger partial charge in [0.2, 0.25) is 5.82 Å². The Bertz CT molecular complexity index is 469. The highest BCUT2D eigenvalue weighted by Crippen LogP contribution is 2.35. The van der Waals surface area contributed by atoms with Crippen molar-refractivity contribution in [2.45, 2.75) is 37.9 Å². The van der Waals surface area contributed by atoms with Gasteiger partial charge in [-0.25, -0.2) is 9.97 Å². The molecule has 1 aliphatic rings. The monoisotopic (exact) mass is 290 g/mol. The molecule has 20 heavy (non-hydrogen) atoms. The van der Waals surface area contributed by atoms with E-state index in [1.807, 2.05) is 0 Å². The van der Waals surface area contributed by atoms with Crippen LogP contribution >= 0.6 is 0 Å². The summed E-state index contributed by atoms with van der Waals surface area (Å²) in [6.07, 6.45) is -2.24. The van der Waals surface area contributed by atoms with Crippen LogP contribution in [0.25, 0.3) is 0 Å². The van der Waals surface area contributed by atoms with Crippen LogP contribution in [0.15, 0.2) is 6.07 Å². The highest BCUT2D eigenvalue weighted by atomic mass is 19.4. The molecular weight excluding hydrogens is 273 g/mol. The number of halogens is 3. The molecule has 0 unspecified atom stereocenters. The molecule has 8 heteroatoms. The smallest absolute Gasteiger partial charge is 0.394 e. The van der Waals surface area contributed by atoms with Gasteiger partial charge in [0, 0.05) is 12.6 Å². The molecule has 5 nitrogen and oxygen atoms in total. The van der Waals surface area contributed by atoms with Crippen molar-refractivity contribution in [1.29, 1.82) is 0 Å². The van der Waals surface area contributed by atoms with E-state index in [-0.39, 0.29) is 18.2 Å². The fourth-order valence-electron chi connectivity index (χ4n) is 2.11. The van der Waals surface area contributed by atoms with Crippen molar-refractivity contribution in [3.05, 3.63) is 11.9 Å². The number of aliphatic hydroxyl groups excluding tert-OH is 1. The van der Waals surface area contributed by atoms with Gasteiger partial charge >= 0.3 is 6.18 Å². The van der Waals surface area contributed by atoms with Crippen LogP contribution in [0.2, 0.25) is 0 Å². The summed E-state index contributed by atoms with van der Waals surface area (Å²) in [5.41, 5.74) is -0.555. The molecule has 1 saturated carbocycles. The van der Waals surface area contributed by atoms with Crippen LogP contribution in [0.1, 0.15) is 32.0 Å². The standard InChI is InChI=1S/C12H17F3N4O/c1-2-16-8-6-9(18-10(17-8)12(13,14)15)19-11(7-20)4-3-5-11/h6,20H,2-5,7H2,1H3,(H2,16,17,18,19). The Morgan fingerprint density at radius 1 is 1.30 bits per heavy atom. The molecular formula is C12H17F3N4O. The SMILES string of the molecule is CCNc1cc(NC2(CO)CCC2)nc(C(F)(F)F)n1. The molecule has 0 atom stereocenters. The van der Waals surface area contributed by atoms with Gasteiger partial charge in [0.25, 0.3) is 0 Å². The molecule has 0 saturated heterocycles. The number of rotatable bonds is 5. The first kappa shape index (κ1) is 14.8. The Kier molecular flexibility index (Phi) is 4.03. The van der Waals surface area contributed by atoms with Gasteiger partial charge in [-0.2, -0.15) is 13.2 Å². The number of nitrogens with zero attached hydrogens (tertiary/aromatic N) is 2. The molecule has 1 aromatic heterocycles. The van der Waals surface area contributed by atoms with Crippen LogP contribution in [0.3, 0.4) is 0 Å². The van der Waals surface area contributed by atoms with Gasteiger partial charge in [-0.1, -0.05) is 0 Å². The lowest BCUT2D eigenvalue weighted by atomic mass is 9.77. The average molecular weight is 290 g/mol. The Morgan fingerprint density at radius 3 is 2.40 bits per heavy atom. The quantitative estimate of drug-likeness (QED) is 0.776. The molecule has 0 aliphatic heterocycles. The van der Waals surface area contributed by atoms with E-state index in [1.165, 1.54) is 6.07 Å². The zero-order valence-corrected chi connectivity index (χ0v) is 11.1. The first-order valence-corrected chi connectivity index (χ1v) is 6.48. The number of hydrogen-bond acceptors (Lipinski definition) is 5. The summed E-state index contributed by atoms with van der Waals surface area (Å²) >= 11 is 0. The fraction of sp³-hybridized carbons (Fsp3) is 0.667.